The van der Waals surface area contributed by atoms with Crippen LogP contribution in [0, 0.1) is 5.92 Å². The van der Waals surface area contributed by atoms with E-state index in [9.17, 15) is 0 Å². The van der Waals surface area contributed by atoms with E-state index in [4.69, 9.17) is 0 Å². The maximum atomic E-state index is 4.65. The molecule has 2 fully saturated rings. The van der Waals surface area contributed by atoms with Gasteiger partial charge in [-0.05, 0) is 47.3 Å². The molecule has 4 rings (SSSR count). The van der Waals surface area contributed by atoms with Gasteiger partial charge >= 0.3 is 0 Å². The Bertz CT molecular complexity index is 595. The summed E-state index contributed by atoms with van der Waals surface area (Å²) in [4.78, 5) is 6.95. The molecule has 0 amide bonds. The standard InChI is InChI=1S/C13H16BrN5S/c14-11-4-9(7-20-11)12-16-13(18-17-12)19-5-8-2-1-3-15-10(8)6-19/h4,7-8,10,15H,1-3,5-6H2,(H,16,17,18). The van der Waals surface area contributed by atoms with Gasteiger partial charge in [0.15, 0.2) is 5.82 Å². The number of fused-ring (bicyclic) bond motifs is 1. The number of thiophene rings is 1. The average molecular weight is 354 g/mol. The quantitative estimate of drug-likeness (QED) is 0.870. The number of nitrogens with one attached hydrogen (secondary N) is 2. The third-order valence-electron chi connectivity index (χ3n) is 4.20. The van der Waals surface area contributed by atoms with E-state index in [2.05, 4.69) is 52.8 Å². The molecule has 20 heavy (non-hydrogen) atoms. The number of aromatic nitrogens is 3. The van der Waals surface area contributed by atoms with E-state index in [0.29, 0.717) is 6.04 Å². The van der Waals surface area contributed by atoms with Crippen molar-refractivity contribution in [3.05, 3.63) is 15.2 Å². The van der Waals surface area contributed by atoms with E-state index in [1.54, 1.807) is 11.3 Å². The molecule has 2 saturated heterocycles. The Morgan fingerprint density at radius 2 is 2.35 bits per heavy atom. The van der Waals surface area contributed by atoms with Gasteiger partial charge in [0.1, 0.15) is 0 Å². The molecule has 5 nitrogen and oxygen atoms in total. The Morgan fingerprint density at radius 3 is 3.15 bits per heavy atom. The van der Waals surface area contributed by atoms with Crippen molar-refractivity contribution in [2.45, 2.75) is 18.9 Å². The first-order valence-corrected chi connectivity index (χ1v) is 8.62. The van der Waals surface area contributed by atoms with Gasteiger partial charge in [-0.3, -0.25) is 5.10 Å². The SMILES string of the molecule is Brc1cc(-c2nc(N3CC4CCCNC4C3)n[nH]2)cs1. The van der Waals surface area contributed by atoms with E-state index >= 15 is 0 Å². The van der Waals surface area contributed by atoms with E-state index in [0.717, 1.165) is 46.7 Å². The molecule has 0 aromatic carbocycles. The van der Waals surface area contributed by atoms with Crippen molar-refractivity contribution in [2.75, 3.05) is 24.5 Å². The molecule has 2 atom stereocenters. The van der Waals surface area contributed by atoms with Crippen molar-refractivity contribution >= 4 is 33.2 Å². The highest BCUT2D eigenvalue weighted by Crippen LogP contribution is 2.30. The molecule has 0 aliphatic carbocycles. The highest BCUT2D eigenvalue weighted by molar-refractivity contribution is 9.11. The second-order valence-corrected chi connectivity index (χ2v) is 7.78. The Hall–Kier alpha value is -0.920. The first-order valence-electron chi connectivity index (χ1n) is 6.95. The summed E-state index contributed by atoms with van der Waals surface area (Å²) in [6, 6.07) is 2.68. The molecule has 106 valence electrons. The Morgan fingerprint density at radius 1 is 1.40 bits per heavy atom. The van der Waals surface area contributed by atoms with Crippen LogP contribution < -0.4 is 10.2 Å². The van der Waals surface area contributed by atoms with Gasteiger partial charge in [0.25, 0.3) is 0 Å². The lowest BCUT2D eigenvalue weighted by Gasteiger charge is -2.24. The summed E-state index contributed by atoms with van der Waals surface area (Å²) in [5, 5.41) is 13.1. The lowest BCUT2D eigenvalue weighted by atomic mass is 9.94. The topological polar surface area (TPSA) is 56.8 Å². The fourth-order valence-corrected chi connectivity index (χ4v) is 4.31. The number of halogens is 1. The molecule has 2 N–H and O–H groups in total. The molecular weight excluding hydrogens is 338 g/mol. The second-order valence-electron chi connectivity index (χ2n) is 5.49. The van der Waals surface area contributed by atoms with Crippen molar-refractivity contribution in [3.8, 4) is 11.4 Å². The molecule has 0 saturated carbocycles. The Labute approximate surface area is 129 Å². The van der Waals surface area contributed by atoms with Crippen LogP contribution in [0.2, 0.25) is 0 Å². The fourth-order valence-electron chi connectivity index (χ4n) is 3.17. The Kier molecular flexibility index (Phi) is 3.28. The molecule has 0 radical (unpaired) electrons. The number of hydrogen-bond donors (Lipinski definition) is 2. The van der Waals surface area contributed by atoms with Crippen LogP contribution in [0.4, 0.5) is 5.95 Å². The average Bonchev–Trinajstić information content (AvgIpc) is 3.16. The summed E-state index contributed by atoms with van der Waals surface area (Å²) in [7, 11) is 0. The lowest BCUT2D eigenvalue weighted by molar-refractivity contribution is 0.340. The van der Waals surface area contributed by atoms with E-state index in [-0.39, 0.29) is 0 Å². The minimum absolute atomic E-state index is 0.612. The molecule has 4 heterocycles. The van der Waals surface area contributed by atoms with Crippen molar-refractivity contribution in [2.24, 2.45) is 5.92 Å². The van der Waals surface area contributed by atoms with E-state index < -0.39 is 0 Å². The maximum Gasteiger partial charge on any atom is 0.245 e. The van der Waals surface area contributed by atoms with Crippen LogP contribution in [0.15, 0.2) is 15.2 Å². The molecule has 2 aliphatic rings. The monoisotopic (exact) mass is 353 g/mol. The number of H-pyrrole nitrogens is 1. The van der Waals surface area contributed by atoms with Crippen LogP contribution in [0.25, 0.3) is 11.4 Å². The number of anilines is 1. The van der Waals surface area contributed by atoms with Gasteiger partial charge in [0.2, 0.25) is 5.95 Å². The van der Waals surface area contributed by atoms with Crippen LogP contribution in [0.5, 0.6) is 0 Å². The minimum Gasteiger partial charge on any atom is -0.338 e. The van der Waals surface area contributed by atoms with Crippen molar-refractivity contribution < 1.29 is 0 Å². The zero-order valence-electron chi connectivity index (χ0n) is 11.0. The molecule has 0 bridgehead atoms. The fraction of sp³-hybridized carbons (Fsp3) is 0.538. The zero-order chi connectivity index (χ0) is 13.5. The minimum atomic E-state index is 0.612. The first-order chi connectivity index (χ1) is 9.79. The van der Waals surface area contributed by atoms with Crippen LogP contribution in [0.3, 0.4) is 0 Å². The van der Waals surface area contributed by atoms with Gasteiger partial charge < -0.3 is 10.2 Å². The Balaban J connectivity index is 1.54. The van der Waals surface area contributed by atoms with Crippen molar-refractivity contribution in [1.82, 2.24) is 20.5 Å². The van der Waals surface area contributed by atoms with Crippen LogP contribution in [0.1, 0.15) is 12.8 Å². The summed E-state index contributed by atoms with van der Waals surface area (Å²) in [5.41, 5.74) is 1.09. The largest absolute Gasteiger partial charge is 0.338 e. The summed E-state index contributed by atoms with van der Waals surface area (Å²) in [6.07, 6.45) is 2.61. The first kappa shape index (κ1) is 12.8. The molecule has 2 unspecified atom stereocenters. The highest BCUT2D eigenvalue weighted by Gasteiger charge is 2.35. The van der Waals surface area contributed by atoms with E-state index in [1.807, 2.05) is 0 Å². The highest BCUT2D eigenvalue weighted by atomic mass is 79.9. The predicted octanol–water partition coefficient (Wildman–Crippen LogP) is 2.48. The summed E-state index contributed by atoms with van der Waals surface area (Å²) < 4.78 is 1.11. The van der Waals surface area contributed by atoms with Crippen molar-refractivity contribution in [3.63, 3.8) is 0 Å². The normalized spacial score (nSPS) is 25.9. The lowest BCUT2D eigenvalue weighted by Crippen LogP contribution is -2.40. The third kappa shape index (κ3) is 2.27. The maximum absolute atomic E-state index is 4.65. The van der Waals surface area contributed by atoms with Gasteiger partial charge in [-0.1, -0.05) is 0 Å². The smallest absolute Gasteiger partial charge is 0.245 e. The third-order valence-corrected chi connectivity index (χ3v) is 5.70. The number of piperidine rings is 1. The number of hydrogen-bond acceptors (Lipinski definition) is 5. The predicted molar refractivity (Wildman–Crippen MR) is 84.1 cm³/mol. The summed E-state index contributed by atoms with van der Waals surface area (Å²) in [5.74, 6) is 2.43. The van der Waals surface area contributed by atoms with Crippen LogP contribution >= 0.6 is 27.3 Å². The van der Waals surface area contributed by atoms with Crippen LogP contribution in [-0.4, -0.2) is 40.9 Å². The summed E-state index contributed by atoms with van der Waals surface area (Å²) in [6.45, 7) is 3.24. The van der Waals surface area contributed by atoms with Crippen LogP contribution in [-0.2, 0) is 0 Å². The second kappa shape index (κ2) is 5.13. The molecular formula is C13H16BrN5S. The van der Waals surface area contributed by atoms with Gasteiger partial charge in [-0.25, -0.2) is 0 Å². The van der Waals surface area contributed by atoms with Gasteiger partial charge in [-0.15, -0.1) is 16.4 Å². The molecule has 0 spiro atoms. The van der Waals surface area contributed by atoms with Crippen molar-refractivity contribution in [1.29, 1.82) is 0 Å². The number of aromatic amines is 1. The molecule has 2 aromatic rings. The molecule has 2 aromatic heterocycles. The number of rotatable bonds is 2. The number of nitrogens with zero attached hydrogens (tertiary/aromatic N) is 3. The van der Waals surface area contributed by atoms with E-state index in [1.165, 1.54) is 12.8 Å². The molecule has 2 aliphatic heterocycles. The summed E-state index contributed by atoms with van der Waals surface area (Å²) >= 11 is 5.14. The molecule has 7 heteroatoms. The van der Waals surface area contributed by atoms with Gasteiger partial charge in [0.05, 0.1) is 3.79 Å². The zero-order valence-corrected chi connectivity index (χ0v) is 13.4. The van der Waals surface area contributed by atoms with Gasteiger partial charge in [0, 0.05) is 30.1 Å². The van der Waals surface area contributed by atoms with Gasteiger partial charge in [-0.2, -0.15) is 4.98 Å².